The van der Waals surface area contributed by atoms with E-state index in [9.17, 15) is 18.7 Å². The van der Waals surface area contributed by atoms with Crippen molar-refractivity contribution in [3.8, 4) is 16.9 Å². The normalized spacial score (nSPS) is 11.2. The lowest BCUT2D eigenvalue weighted by molar-refractivity contribution is -0.136. The second-order valence-corrected chi connectivity index (χ2v) is 7.74. The zero-order chi connectivity index (χ0) is 23.0. The fraction of sp³-hybridized carbons (Fsp3) is 0.200. The largest absolute Gasteiger partial charge is 0.496 e. The van der Waals surface area contributed by atoms with Gasteiger partial charge in [0, 0.05) is 23.8 Å². The fourth-order valence-electron chi connectivity index (χ4n) is 4.05. The monoisotopic (exact) mass is 436 g/mol. The van der Waals surface area contributed by atoms with Crippen LogP contribution in [0.15, 0.2) is 48.7 Å². The summed E-state index contributed by atoms with van der Waals surface area (Å²) in [5.41, 5.74) is 5.07. The second kappa shape index (κ2) is 8.42. The first-order valence-electron chi connectivity index (χ1n) is 10.1. The van der Waals surface area contributed by atoms with E-state index in [1.165, 1.54) is 12.1 Å². The van der Waals surface area contributed by atoms with Crippen LogP contribution < -0.4 is 4.74 Å². The van der Waals surface area contributed by atoms with Crippen LogP contribution in [-0.4, -0.2) is 27.7 Å². The number of benzene rings is 2. The van der Waals surface area contributed by atoms with Crippen LogP contribution in [0.5, 0.6) is 5.75 Å². The van der Waals surface area contributed by atoms with Gasteiger partial charge in [-0.2, -0.15) is 0 Å². The van der Waals surface area contributed by atoms with Gasteiger partial charge in [0.25, 0.3) is 0 Å². The van der Waals surface area contributed by atoms with Crippen molar-refractivity contribution in [2.24, 2.45) is 0 Å². The first kappa shape index (κ1) is 21.5. The molecular formula is C25H22F2N2O3. The van der Waals surface area contributed by atoms with E-state index in [-0.39, 0.29) is 6.42 Å². The average Bonchev–Trinajstić information content (AvgIpc) is 3.12. The highest BCUT2D eigenvalue weighted by molar-refractivity contribution is 5.97. The Morgan fingerprint density at radius 1 is 1.09 bits per heavy atom. The molecule has 0 bridgehead atoms. The molecule has 32 heavy (non-hydrogen) atoms. The van der Waals surface area contributed by atoms with Gasteiger partial charge in [-0.3, -0.25) is 4.79 Å². The van der Waals surface area contributed by atoms with Crippen LogP contribution >= 0.6 is 0 Å². The quantitative estimate of drug-likeness (QED) is 0.447. The minimum atomic E-state index is -0.943. The van der Waals surface area contributed by atoms with Gasteiger partial charge in [-0.05, 0) is 72.0 Å². The number of carbonyl (C=O) groups is 1. The molecule has 0 amide bonds. The second-order valence-electron chi connectivity index (χ2n) is 7.74. The van der Waals surface area contributed by atoms with E-state index in [1.807, 2.05) is 42.0 Å². The number of rotatable bonds is 6. The van der Waals surface area contributed by atoms with E-state index in [0.717, 1.165) is 33.9 Å². The van der Waals surface area contributed by atoms with Gasteiger partial charge >= 0.3 is 5.97 Å². The molecule has 0 aliphatic carbocycles. The standard InChI is InChI=1S/C25H22F2N2O3/c1-14-10-17(5-7-22(14)32-3)24-18-8-9-29(13-16-4-6-20(26)21(27)11-16)25(18)28-15(2)19(24)12-23(30)31/h4-11H,12-13H2,1-3H3,(H,30,31). The van der Waals surface area contributed by atoms with E-state index in [1.54, 1.807) is 14.0 Å². The third-order valence-electron chi connectivity index (χ3n) is 5.56. The summed E-state index contributed by atoms with van der Waals surface area (Å²) < 4.78 is 34.2. The Morgan fingerprint density at radius 3 is 2.53 bits per heavy atom. The number of halogens is 2. The number of ether oxygens (including phenoxy) is 1. The van der Waals surface area contributed by atoms with Crippen molar-refractivity contribution in [3.05, 3.63) is 82.7 Å². The number of pyridine rings is 1. The molecular weight excluding hydrogens is 414 g/mol. The first-order chi connectivity index (χ1) is 15.3. The zero-order valence-electron chi connectivity index (χ0n) is 17.9. The van der Waals surface area contributed by atoms with Crippen LogP contribution in [0.3, 0.4) is 0 Å². The van der Waals surface area contributed by atoms with Crippen LogP contribution in [0.4, 0.5) is 8.78 Å². The van der Waals surface area contributed by atoms with Gasteiger partial charge in [0.05, 0.1) is 13.5 Å². The average molecular weight is 436 g/mol. The first-order valence-corrected chi connectivity index (χ1v) is 10.1. The third kappa shape index (κ3) is 3.93. The number of nitrogens with zero attached hydrogens (tertiary/aromatic N) is 2. The van der Waals surface area contributed by atoms with Gasteiger partial charge in [-0.1, -0.05) is 12.1 Å². The van der Waals surface area contributed by atoms with Crippen molar-refractivity contribution in [1.82, 2.24) is 9.55 Å². The molecule has 5 nitrogen and oxygen atoms in total. The van der Waals surface area contributed by atoms with Gasteiger partial charge < -0.3 is 14.4 Å². The highest BCUT2D eigenvalue weighted by atomic mass is 19.2. The van der Waals surface area contributed by atoms with E-state index < -0.39 is 17.6 Å². The van der Waals surface area contributed by atoms with Crippen molar-refractivity contribution < 1.29 is 23.4 Å². The summed E-state index contributed by atoms with van der Waals surface area (Å²) in [5, 5.41) is 10.3. The van der Waals surface area contributed by atoms with Crippen LogP contribution in [0.2, 0.25) is 0 Å². The zero-order valence-corrected chi connectivity index (χ0v) is 17.9. The lowest BCUT2D eigenvalue weighted by atomic mass is 9.93. The summed E-state index contributed by atoms with van der Waals surface area (Å²) in [5.74, 6) is -2.00. The molecule has 4 aromatic rings. The van der Waals surface area contributed by atoms with Crippen LogP contribution in [0, 0.1) is 25.5 Å². The lowest BCUT2D eigenvalue weighted by Crippen LogP contribution is -2.08. The number of hydrogen-bond donors (Lipinski definition) is 1. The molecule has 0 saturated carbocycles. The Kier molecular flexibility index (Phi) is 5.65. The number of aliphatic carboxylic acids is 1. The van der Waals surface area contributed by atoms with E-state index in [2.05, 4.69) is 4.98 Å². The van der Waals surface area contributed by atoms with Crippen LogP contribution in [-0.2, 0) is 17.8 Å². The Hall–Kier alpha value is -3.74. The number of aromatic nitrogens is 2. The molecule has 0 atom stereocenters. The molecule has 1 N–H and O–H groups in total. The summed E-state index contributed by atoms with van der Waals surface area (Å²) in [6, 6.07) is 11.4. The minimum Gasteiger partial charge on any atom is -0.496 e. The molecule has 0 saturated heterocycles. The summed E-state index contributed by atoms with van der Waals surface area (Å²) in [7, 11) is 1.60. The third-order valence-corrected chi connectivity index (χ3v) is 5.56. The molecule has 0 aliphatic rings. The Bertz CT molecular complexity index is 1350. The Balaban J connectivity index is 1.91. The predicted molar refractivity (Wildman–Crippen MR) is 118 cm³/mol. The smallest absolute Gasteiger partial charge is 0.307 e. The SMILES string of the molecule is COc1ccc(-c2c(CC(=O)O)c(C)nc3c2ccn3Cc2ccc(F)c(F)c2)cc1C. The number of aryl methyl sites for hydroxylation is 2. The van der Waals surface area contributed by atoms with E-state index in [4.69, 9.17) is 4.74 Å². The van der Waals surface area contributed by atoms with Crippen molar-refractivity contribution in [2.75, 3.05) is 7.11 Å². The summed E-state index contributed by atoms with van der Waals surface area (Å²) in [4.78, 5) is 16.3. The van der Waals surface area contributed by atoms with Gasteiger partial charge in [0.15, 0.2) is 11.6 Å². The summed E-state index contributed by atoms with van der Waals surface area (Å²) in [6.45, 7) is 4.01. The van der Waals surface area contributed by atoms with Crippen molar-refractivity contribution >= 4 is 17.0 Å². The topological polar surface area (TPSA) is 64.3 Å². The molecule has 2 aromatic heterocycles. The van der Waals surface area contributed by atoms with Gasteiger partial charge in [-0.15, -0.1) is 0 Å². The minimum absolute atomic E-state index is 0.163. The molecule has 0 fully saturated rings. The van der Waals surface area contributed by atoms with Crippen LogP contribution in [0.1, 0.15) is 22.4 Å². The van der Waals surface area contributed by atoms with E-state index in [0.29, 0.717) is 29.0 Å². The maximum atomic E-state index is 13.7. The Labute approximate surface area is 183 Å². The molecule has 0 aliphatic heterocycles. The highest BCUT2D eigenvalue weighted by Crippen LogP contribution is 2.36. The van der Waals surface area contributed by atoms with Crippen LogP contribution in [0.25, 0.3) is 22.2 Å². The van der Waals surface area contributed by atoms with Gasteiger partial charge in [-0.25, -0.2) is 13.8 Å². The van der Waals surface area contributed by atoms with Gasteiger partial charge in [0.1, 0.15) is 11.4 Å². The molecule has 0 spiro atoms. The number of hydrogen-bond acceptors (Lipinski definition) is 3. The molecule has 0 radical (unpaired) electrons. The van der Waals surface area contributed by atoms with Crippen molar-refractivity contribution in [2.45, 2.75) is 26.8 Å². The maximum absolute atomic E-state index is 13.7. The van der Waals surface area contributed by atoms with E-state index >= 15 is 0 Å². The maximum Gasteiger partial charge on any atom is 0.307 e. The van der Waals surface area contributed by atoms with Gasteiger partial charge in [0.2, 0.25) is 0 Å². The number of carboxylic acid groups (broad SMARTS) is 1. The van der Waals surface area contributed by atoms with Crippen molar-refractivity contribution in [1.29, 1.82) is 0 Å². The lowest BCUT2D eigenvalue weighted by Gasteiger charge is -2.15. The summed E-state index contributed by atoms with van der Waals surface area (Å²) in [6.07, 6.45) is 1.66. The van der Waals surface area contributed by atoms with Crippen molar-refractivity contribution in [3.63, 3.8) is 0 Å². The fourth-order valence-corrected chi connectivity index (χ4v) is 4.05. The Morgan fingerprint density at radius 2 is 1.88 bits per heavy atom. The molecule has 7 heteroatoms. The molecule has 4 rings (SSSR count). The number of methoxy groups -OCH3 is 1. The highest BCUT2D eigenvalue weighted by Gasteiger charge is 2.20. The number of carboxylic acids is 1. The number of fused-ring (bicyclic) bond motifs is 1. The molecule has 164 valence electrons. The predicted octanol–water partition coefficient (Wildman–Crippen LogP) is 5.28. The molecule has 2 heterocycles. The molecule has 2 aromatic carbocycles. The molecule has 0 unspecified atom stereocenters. The summed E-state index contributed by atoms with van der Waals surface area (Å²) >= 11 is 0.